The Morgan fingerprint density at radius 1 is 1.60 bits per heavy atom. The monoisotopic (exact) mass is 424 g/mol. The number of anilines is 1. The molecule has 0 spiro atoms. The number of hydrogen-bond donors (Lipinski definition) is 0. The molecule has 8 heteroatoms. The number of thiazole rings is 1. The number of carbonyl (C=O) groups excluding carboxylic acids is 1. The Labute approximate surface area is 138 Å². The molecule has 5 nitrogen and oxygen atoms in total. The average Bonchev–Trinajstić information content (AvgIpc) is 2.90. The van der Waals surface area contributed by atoms with Gasteiger partial charge in [0.05, 0.1) is 19.8 Å². The summed E-state index contributed by atoms with van der Waals surface area (Å²) in [6, 6.07) is 0. The first-order chi connectivity index (χ1) is 9.76. The molecule has 0 amide bonds. The van der Waals surface area contributed by atoms with Crippen molar-refractivity contribution in [3.8, 4) is 11.2 Å². The summed E-state index contributed by atoms with van der Waals surface area (Å²) in [6.07, 6.45) is 0. The van der Waals surface area contributed by atoms with Crippen LogP contribution in [0.2, 0.25) is 0 Å². The van der Waals surface area contributed by atoms with Gasteiger partial charge in [0.2, 0.25) is 0 Å². The zero-order valence-corrected chi connectivity index (χ0v) is 14.6. The van der Waals surface area contributed by atoms with E-state index in [1.54, 1.807) is 6.92 Å². The Morgan fingerprint density at radius 3 is 3.00 bits per heavy atom. The largest absolute Gasteiger partial charge is 0.461 e. The third-order valence-electron chi connectivity index (χ3n) is 2.57. The molecule has 0 aromatic carbocycles. The summed E-state index contributed by atoms with van der Waals surface area (Å²) in [5.41, 5.74) is 0.363. The van der Waals surface area contributed by atoms with E-state index in [4.69, 9.17) is 9.47 Å². The molecule has 0 saturated carbocycles. The maximum atomic E-state index is 12.0. The van der Waals surface area contributed by atoms with E-state index in [0.717, 1.165) is 18.1 Å². The maximum Gasteiger partial charge on any atom is 0.360 e. The van der Waals surface area contributed by atoms with Crippen LogP contribution in [-0.4, -0.2) is 43.9 Å². The quantitative estimate of drug-likeness (QED) is 0.423. The van der Waals surface area contributed by atoms with E-state index >= 15 is 0 Å². The highest BCUT2D eigenvalue weighted by Gasteiger charge is 2.24. The fourth-order valence-corrected chi connectivity index (χ4v) is 3.23. The van der Waals surface area contributed by atoms with Crippen molar-refractivity contribution in [1.82, 2.24) is 4.98 Å². The molecule has 1 saturated heterocycles. The fourth-order valence-electron chi connectivity index (χ4n) is 1.74. The van der Waals surface area contributed by atoms with Gasteiger partial charge in [-0.2, -0.15) is 0 Å². The Hall–Kier alpha value is -0.500. The molecule has 0 aliphatic carbocycles. The number of ether oxygens (including phenoxy) is 2. The molecule has 1 aliphatic heterocycles. The van der Waals surface area contributed by atoms with E-state index in [0.29, 0.717) is 30.5 Å². The van der Waals surface area contributed by atoms with Crippen molar-refractivity contribution in [2.75, 3.05) is 37.8 Å². The number of nitrogens with zero attached hydrogens (tertiary/aromatic N) is 2. The highest BCUT2D eigenvalue weighted by molar-refractivity contribution is 14.2. The summed E-state index contributed by atoms with van der Waals surface area (Å²) in [4.78, 5) is 18.4. The summed E-state index contributed by atoms with van der Waals surface area (Å²) in [5.74, 6) is 2.55. The Bertz CT molecular complexity index is 533. The lowest BCUT2D eigenvalue weighted by Crippen LogP contribution is -2.36. The van der Waals surface area contributed by atoms with Crippen molar-refractivity contribution in [3.63, 3.8) is 0 Å². The standard InChI is InChI=1S/C12H13IN2O3S2/c1-2-18-12(16)10-11(15-4-6-17-7-5-15)20-9(14-10)3-8-19-13/h2,4-7H2,1H3. The summed E-state index contributed by atoms with van der Waals surface area (Å²) in [6.45, 7) is 4.94. The van der Waals surface area contributed by atoms with Gasteiger partial charge in [0.15, 0.2) is 10.7 Å². The van der Waals surface area contributed by atoms with Crippen LogP contribution in [0.15, 0.2) is 0 Å². The van der Waals surface area contributed by atoms with Crippen molar-refractivity contribution in [2.24, 2.45) is 0 Å². The zero-order valence-electron chi connectivity index (χ0n) is 10.8. The number of morpholine rings is 1. The van der Waals surface area contributed by atoms with Crippen LogP contribution in [0, 0.1) is 11.2 Å². The van der Waals surface area contributed by atoms with Crippen molar-refractivity contribution < 1.29 is 14.3 Å². The maximum absolute atomic E-state index is 12.0. The smallest absolute Gasteiger partial charge is 0.360 e. The van der Waals surface area contributed by atoms with E-state index in [9.17, 15) is 4.79 Å². The molecule has 2 heterocycles. The first-order valence-electron chi connectivity index (χ1n) is 6.05. The van der Waals surface area contributed by atoms with Crippen LogP contribution in [0.3, 0.4) is 0 Å². The molecule has 1 fully saturated rings. The number of esters is 1. The third-order valence-corrected chi connectivity index (χ3v) is 4.44. The van der Waals surface area contributed by atoms with Crippen LogP contribution in [0.25, 0.3) is 0 Å². The minimum Gasteiger partial charge on any atom is -0.461 e. The van der Waals surface area contributed by atoms with E-state index < -0.39 is 0 Å². The molecule has 1 aromatic rings. The average molecular weight is 424 g/mol. The molecule has 108 valence electrons. The molecule has 0 unspecified atom stereocenters. The van der Waals surface area contributed by atoms with Gasteiger partial charge in [-0.3, -0.25) is 0 Å². The van der Waals surface area contributed by atoms with Crippen molar-refractivity contribution in [1.29, 1.82) is 0 Å². The van der Waals surface area contributed by atoms with Gasteiger partial charge in [0, 0.05) is 34.3 Å². The van der Waals surface area contributed by atoms with E-state index in [1.165, 1.54) is 20.3 Å². The second kappa shape index (κ2) is 8.07. The third kappa shape index (κ3) is 4.00. The number of rotatable bonds is 3. The normalized spacial score (nSPS) is 14.6. The molecule has 20 heavy (non-hydrogen) atoms. The van der Waals surface area contributed by atoms with Gasteiger partial charge in [0.1, 0.15) is 5.00 Å². The molecule has 1 aliphatic rings. The van der Waals surface area contributed by atoms with Gasteiger partial charge in [-0.25, -0.2) is 9.78 Å². The SMILES string of the molecule is CCOC(=O)c1nc(C#CSI)sc1N1CCOCC1. The van der Waals surface area contributed by atoms with Crippen molar-refractivity contribution >= 4 is 52.4 Å². The molecule has 0 bridgehead atoms. The zero-order chi connectivity index (χ0) is 14.4. The molecule has 0 radical (unpaired) electrons. The molecule has 1 aromatic heterocycles. The number of halogens is 1. The first kappa shape index (κ1) is 15.9. The minimum absolute atomic E-state index is 0.337. The lowest BCUT2D eigenvalue weighted by molar-refractivity contribution is 0.0520. The van der Waals surface area contributed by atoms with Gasteiger partial charge in [-0.15, -0.1) is 0 Å². The lowest BCUT2D eigenvalue weighted by Gasteiger charge is -2.27. The van der Waals surface area contributed by atoms with Crippen LogP contribution in [-0.2, 0) is 9.47 Å². The predicted octanol–water partition coefficient (Wildman–Crippen LogP) is 2.55. The molecule has 0 atom stereocenters. The second-order valence-corrected chi connectivity index (χ2v) is 6.45. The predicted molar refractivity (Wildman–Crippen MR) is 89.6 cm³/mol. The summed E-state index contributed by atoms with van der Waals surface area (Å²) < 4.78 is 10.4. The van der Waals surface area contributed by atoms with Gasteiger partial charge in [0.25, 0.3) is 0 Å². The summed E-state index contributed by atoms with van der Waals surface area (Å²) in [7, 11) is 1.39. The van der Waals surface area contributed by atoms with Crippen LogP contribution >= 0.6 is 41.5 Å². The first-order valence-corrected chi connectivity index (χ1v) is 10.2. The lowest BCUT2D eigenvalue weighted by atomic mass is 10.3. The van der Waals surface area contributed by atoms with Gasteiger partial charge in [-0.05, 0) is 27.0 Å². The van der Waals surface area contributed by atoms with Crippen molar-refractivity contribution in [3.05, 3.63) is 10.7 Å². The minimum atomic E-state index is -0.389. The Balaban J connectivity index is 2.30. The van der Waals surface area contributed by atoms with Crippen LogP contribution in [0.1, 0.15) is 22.4 Å². The van der Waals surface area contributed by atoms with Crippen LogP contribution in [0.5, 0.6) is 0 Å². The van der Waals surface area contributed by atoms with Gasteiger partial charge in [-0.1, -0.05) is 11.3 Å². The topological polar surface area (TPSA) is 51.7 Å². The number of carbonyl (C=O) groups is 1. The van der Waals surface area contributed by atoms with Crippen LogP contribution in [0.4, 0.5) is 5.00 Å². The number of hydrogen-bond acceptors (Lipinski definition) is 7. The Morgan fingerprint density at radius 2 is 2.35 bits per heavy atom. The van der Waals surface area contributed by atoms with Crippen molar-refractivity contribution in [2.45, 2.75) is 6.92 Å². The Kier molecular flexibility index (Phi) is 6.41. The van der Waals surface area contributed by atoms with Crippen LogP contribution < -0.4 is 4.90 Å². The highest BCUT2D eigenvalue weighted by atomic mass is 127. The molecule has 2 rings (SSSR count). The second-order valence-electron chi connectivity index (χ2n) is 3.80. The van der Waals surface area contributed by atoms with E-state index in [2.05, 4.69) is 42.3 Å². The summed E-state index contributed by atoms with van der Waals surface area (Å²) >= 11 is 3.53. The molecular weight excluding hydrogens is 411 g/mol. The van der Waals surface area contributed by atoms with Gasteiger partial charge >= 0.3 is 5.97 Å². The molecule has 0 N–H and O–H groups in total. The summed E-state index contributed by atoms with van der Waals surface area (Å²) in [5, 5.41) is 4.35. The fraction of sp³-hybridized carbons (Fsp3) is 0.500. The number of aromatic nitrogens is 1. The molecular formula is C12H13IN2O3S2. The van der Waals surface area contributed by atoms with E-state index in [1.807, 2.05) is 0 Å². The highest BCUT2D eigenvalue weighted by Crippen LogP contribution is 2.30. The van der Waals surface area contributed by atoms with Gasteiger partial charge < -0.3 is 14.4 Å². The van der Waals surface area contributed by atoms with E-state index in [-0.39, 0.29) is 5.97 Å².